The van der Waals surface area contributed by atoms with Crippen LogP contribution in [0.25, 0.3) is 22.2 Å². The summed E-state index contributed by atoms with van der Waals surface area (Å²) in [6, 6.07) is 10.1. The lowest BCUT2D eigenvalue weighted by atomic mass is 10.1. The number of fused-ring (bicyclic) bond motifs is 1. The van der Waals surface area contributed by atoms with Crippen molar-refractivity contribution >= 4 is 45.1 Å². The van der Waals surface area contributed by atoms with Gasteiger partial charge < -0.3 is 19.2 Å². The molecule has 3 aromatic heterocycles. The van der Waals surface area contributed by atoms with E-state index in [1.807, 2.05) is 0 Å². The second-order valence-electron chi connectivity index (χ2n) is 6.95. The number of hydrogen-bond donors (Lipinski definition) is 1. The molecule has 0 aliphatic carbocycles. The van der Waals surface area contributed by atoms with Crippen LogP contribution in [0.5, 0.6) is 0 Å². The zero-order valence-corrected chi connectivity index (χ0v) is 18.8. The second kappa shape index (κ2) is 10.1. The fourth-order valence-electron chi connectivity index (χ4n) is 3.18. The van der Waals surface area contributed by atoms with Crippen molar-refractivity contribution in [1.82, 2.24) is 9.55 Å². The third kappa shape index (κ3) is 4.89. The van der Waals surface area contributed by atoms with Gasteiger partial charge in [0.2, 0.25) is 0 Å². The zero-order valence-electron chi connectivity index (χ0n) is 18.0. The van der Waals surface area contributed by atoms with Crippen molar-refractivity contribution in [2.24, 2.45) is 0 Å². The Kier molecular flexibility index (Phi) is 6.83. The minimum absolute atomic E-state index is 0.148. The van der Waals surface area contributed by atoms with Crippen molar-refractivity contribution < 1.29 is 28.3 Å². The van der Waals surface area contributed by atoms with E-state index in [0.717, 1.165) is 15.9 Å². The highest BCUT2D eigenvalue weighted by Crippen LogP contribution is 2.36. The first-order valence-electron chi connectivity index (χ1n) is 10.2. The average molecular weight is 481 g/mol. The molecule has 0 unspecified atom stereocenters. The van der Waals surface area contributed by atoms with E-state index < -0.39 is 36.6 Å². The Hall–Kier alpha value is -4.25. The van der Waals surface area contributed by atoms with E-state index in [9.17, 15) is 19.2 Å². The Morgan fingerprint density at radius 2 is 1.97 bits per heavy atom. The van der Waals surface area contributed by atoms with Gasteiger partial charge in [-0.3, -0.25) is 19.0 Å². The first-order chi connectivity index (χ1) is 16.5. The van der Waals surface area contributed by atoms with E-state index in [2.05, 4.69) is 10.3 Å². The van der Waals surface area contributed by atoms with E-state index in [0.29, 0.717) is 22.2 Å². The molecule has 0 fully saturated rings. The summed E-state index contributed by atoms with van der Waals surface area (Å²) in [6.45, 7) is 0.815. The van der Waals surface area contributed by atoms with Crippen molar-refractivity contribution in [1.29, 1.82) is 0 Å². The Balaban J connectivity index is 1.41. The Bertz CT molecular complexity index is 1410. The first-order valence-corrected chi connectivity index (χ1v) is 11.1. The molecule has 3 heterocycles. The minimum Gasteiger partial charge on any atom is -0.464 e. The fourth-order valence-corrected chi connectivity index (χ4v) is 4.13. The van der Waals surface area contributed by atoms with Gasteiger partial charge in [0.25, 0.3) is 11.5 Å². The van der Waals surface area contributed by atoms with Crippen molar-refractivity contribution in [3.05, 3.63) is 70.3 Å². The van der Waals surface area contributed by atoms with E-state index >= 15 is 0 Å². The standard InChI is InChI=1S/C23H19N3O7S/c1-2-31-23(30)20-15(17-8-5-9-32-17)12-34-21(20)25-18(27)11-33-19(28)10-26-13-24-16-7-4-3-6-14(16)22(26)29/h3-9,12-13H,2,10-11H2,1H3,(H,25,27). The van der Waals surface area contributed by atoms with Gasteiger partial charge in [0.1, 0.15) is 22.9 Å². The summed E-state index contributed by atoms with van der Waals surface area (Å²) < 4.78 is 16.6. The van der Waals surface area contributed by atoms with Crippen LogP contribution in [0.2, 0.25) is 0 Å². The van der Waals surface area contributed by atoms with E-state index in [4.69, 9.17) is 13.9 Å². The second-order valence-corrected chi connectivity index (χ2v) is 7.83. The fraction of sp³-hybridized carbons (Fsp3) is 0.174. The van der Waals surface area contributed by atoms with Gasteiger partial charge in [0.05, 0.1) is 30.1 Å². The molecule has 1 aromatic carbocycles. The molecule has 0 radical (unpaired) electrons. The highest BCUT2D eigenvalue weighted by atomic mass is 32.1. The summed E-state index contributed by atoms with van der Waals surface area (Å²) in [5.41, 5.74) is 0.744. The predicted molar refractivity (Wildman–Crippen MR) is 124 cm³/mol. The number of rotatable bonds is 8. The smallest absolute Gasteiger partial charge is 0.341 e. The number of anilines is 1. The third-order valence-electron chi connectivity index (χ3n) is 4.71. The molecule has 0 aliphatic rings. The first kappa shape index (κ1) is 22.9. The van der Waals surface area contributed by atoms with Gasteiger partial charge in [-0.05, 0) is 31.2 Å². The van der Waals surface area contributed by atoms with Crippen LogP contribution in [-0.4, -0.2) is 40.6 Å². The summed E-state index contributed by atoms with van der Waals surface area (Å²) in [6.07, 6.45) is 2.72. The molecule has 174 valence electrons. The van der Waals surface area contributed by atoms with Crippen molar-refractivity contribution in [2.75, 3.05) is 18.5 Å². The van der Waals surface area contributed by atoms with Crippen LogP contribution in [0.15, 0.2) is 63.6 Å². The molecule has 4 rings (SSSR count). The SMILES string of the molecule is CCOC(=O)c1c(-c2ccco2)csc1NC(=O)COC(=O)Cn1cnc2ccccc2c1=O. The van der Waals surface area contributed by atoms with Gasteiger partial charge >= 0.3 is 11.9 Å². The number of nitrogens with zero attached hydrogens (tertiary/aromatic N) is 2. The molecule has 11 heteroatoms. The van der Waals surface area contributed by atoms with Crippen LogP contribution in [0.3, 0.4) is 0 Å². The van der Waals surface area contributed by atoms with Crippen molar-refractivity contribution in [3.63, 3.8) is 0 Å². The molecule has 0 spiro atoms. The molecule has 1 N–H and O–H groups in total. The molecule has 10 nitrogen and oxygen atoms in total. The molecule has 0 aliphatic heterocycles. The van der Waals surface area contributed by atoms with E-state index in [1.54, 1.807) is 48.7 Å². The number of furan rings is 1. The molecule has 0 saturated heterocycles. The number of hydrogen-bond acceptors (Lipinski definition) is 9. The van der Waals surface area contributed by atoms with Crippen LogP contribution in [-0.2, 0) is 25.6 Å². The number of ether oxygens (including phenoxy) is 2. The normalized spacial score (nSPS) is 10.7. The summed E-state index contributed by atoms with van der Waals surface area (Å²) >= 11 is 1.11. The third-order valence-corrected chi connectivity index (χ3v) is 5.60. The monoisotopic (exact) mass is 481 g/mol. The maximum absolute atomic E-state index is 12.5. The van der Waals surface area contributed by atoms with Crippen LogP contribution < -0.4 is 10.9 Å². The largest absolute Gasteiger partial charge is 0.464 e. The van der Waals surface area contributed by atoms with Crippen molar-refractivity contribution in [3.8, 4) is 11.3 Å². The van der Waals surface area contributed by atoms with Crippen LogP contribution in [0, 0.1) is 0 Å². The molecule has 0 saturated carbocycles. The summed E-state index contributed by atoms with van der Waals surface area (Å²) in [5, 5.41) is 4.83. The molecule has 4 aromatic rings. The quantitative estimate of drug-likeness (QED) is 0.380. The van der Waals surface area contributed by atoms with Gasteiger partial charge in [-0.25, -0.2) is 9.78 Å². The number of nitrogens with one attached hydrogen (secondary N) is 1. The van der Waals surface area contributed by atoms with Gasteiger partial charge in [-0.2, -0.15) is 0 Å². The Morgan fingerprint density at radius 1 is 1.15 bits per heavy atom. The van der Waals surface area contributed by atoms with Gasteiger partial charge in [0.15, 0.2) is 6.61 Å². The van der Waals surface area contributed by atoms with Gasteiger partial charge in [-0.1, -0.05) is 12.1 Å². The van der Waals surface area contributed by atoms with Crippen LogP contribution in [0.1, 0.15) is 17.3 Å². The zero-order chi connectivity index (χ0) is 24.1. The summed E-state index contributed by atoms with van der Waals surface area (Å²) in [7, 11) is 0. The number of carbonyl (C=O) groups excluding carboxylic acids is 3. The average Bonchev–Trinajstić information content (AvgIpc) is 3.50. The Morgan fingerprint density at radius 3 is 2.74 bits per heavy atom. The lowest BCUT2D eigenvalue weighted by molar-refractivity contribution is -0.147. The number of amides is 1. The molecular weight excluding hydrogens is 462 g/mol. The number of benzene rings is 1. The van der Waals surface area contributed by atoms with Gasteiger partial charge in [-0.15, -0.1) is 11.3 Å². The van der Waals surface area contributed by atoms with Crippen molar-refractivity contribution in [2.45, 2.75) is 13.5 Å². The number of carbonyl (C=O) groups is 3. The maximum atomic E-state index is 12.5. The van der Waals surface area contributed by atoms with Crippen LogP contribution in [0.4, 0.5) is 5.00 Å². The lowest BCUT2D eigenvalue weighted by Gasteiger charge is -2.09. The molecule has 34 heavy (non-hydrogen) atoms. The highest BCUT2D eigenvalue weighted by Gasteiger charge is 2.24. The lowest BCUT2D eigenvalue weighted by Crippen LogP contribution is -2.28. The highest BCUT2D eigenvalue weighted by molar-refractivity contribution is 7.15. The molecule has 1 amide bonds. The van der Waals surface area contributed by atoms with E-state index in [1.165, 1.54) is 12.6 Å². The van der Waals surface area contributed by atoms with Crippen LogP contribution >= 0.6 is 11.3 Å². The van der Waals surface area contributed by atoms with E-state index in [-0.39, 0.29) is 17.2 Å². The minimum atomic E-state index is -0.789. The number of esters is 2. The molecule has 0 bridgehead atoms. The van der Waals surface area contributed by atoms with Gasteiger partial charge in [0, 0.05) is 10.9 Å². The number of para-hydroxylation sites is 1. The summed E-state index contributed by atoms with van der Waals surface area (Å²) in [5.74, 6) is -1.62. The summed E-state index contributed by atoms with van der Waals surface area (Å²) in [4.78, 5) is 53.7. The maximum Gasteiger partial charge on any atom is 0.341 e. The Labute approximate surface area is 196 Å². The molecular formula is C23H19N3O7S. The topological polar surface area (TPSA) is 130 Å². The molecule has 0 atom stereocenters. The predicted octanol–water partition coefficient (Wildman–Crippen LogP) is 3.08. The number of thiophene rings is 1. The number of aromatic nitrogens is 2.